The molecule has 80 valence electrons. The lowest BCUT2D eigenvalue weighted by Crippen LogP contribution is -2.47. The highest BCUT2D eigenvalue weighted by Crippen LogP contribution is 2.27. The van der Waals surface area contributed by atoms with Crippen LogP contribution < -0.4 is 5.32 Å². The lowest BCUT2D eigenvalue weighted by atomic mass is 9.84. The maximum atomic E-state index is 5.47. The van der Waals surface area contributed by atoms with Gasteiger partial charge in [-0.2, -0.15) is 0 Å². The molecule has 1 N–H and O–H groups in total. The van der Waals surface area contributed by atoms with Gasteiger partial charge in [0.05, 0.1) is 5.54 Å². The monoisotopic (exact) mass is 193 g/mol. The molecule has 0 bridgehead atoms. The molecule has 0 amide bonds. The molecule has 1 unspecified atom stereocenters. The summed E-state index contributed by atoms with van der Waals surface area (Å²) in [6.07, 6.45) is 12.4. The van der Waals surface area contributed by atoms with Crippen molar-refractivity contribution >= 4 is 0 Å². The lowest BCUT2D eigenvalue weighted by molar-refractivity contribution is 0.255. The summed E-state index contributed by atoms with van der Waals surface area (Å²) in [5.41, 5.74) is -0.156. The van der Waals surface area contributed by atoms with Gasteiger partial charge in [0.2, 0.25) is 0 Å². The minimum absolute atomic E-state index is 0.156. The number of hydrogen-bond donors (Lipinski definition) is 1. The highest BCUT2D eigenvalue weighted by molar-refractivity contribution is 5.08. The van der Waals surface area contributed by atoms with Crippen molar-refractivity contribution in [1.82, 2.24) is 5.32 Å². The maximum absolute atomic E-state index is 5.47. The van der Waals surface area contributed by atoms with Crippen molar-refractivity contribution in [3.8, 4) is 12.3 Å². The second-order valence-corrected chi connectivity index (χ2v) is 5.10. The van der Waals surface area contributed by atoms with Crippen molar-refractivity contribution in [3.63, 3.8) is 0 Å². The van der Waals surface area contributed by atoms with Crippen molar-refractivity contribution in [2.24, 2.45) is 5.92 Å². The second kappa shape index (κ2) is 4.84. The molecule has 1 nitrogen and oxygen atoms in total. The molecule has 0 heterocycles. The summed E-state index contributed by atoms with van der Waals surface area (Å²) in [5.74, 6) is 3.63. The lowest BCUT2D eigenvalue weighted by Gasteiger charge is -2.33. The Morgan fingerprint density at radius 1 is 1.29 bits per heavy atom. The van der Waals surface area contributed by atoms with Crippen molar-refractivity contribution in [2.45, 2.75) is 64.5 Å². The van der Waals surface area contributed by atoms with Crippen LogP contribution in [0.5, 0.6) is 0 Å². The molecule has 0 aliphatic heterocycles. The van der Waals surface area contributed by atoms with Gasteiger partial charge in [0.15, 0.2) is 0 Å². The molecular formula is C13H23N. The Morgan fingerprint density at radius 2 is 1.86 bits per heavy atom. The van der Waals surface area contributed by atoms with E-state index in [9.17, 15) is 0 Å². The molecule has 1 fully saturated rings. The van der Waals surface area contributed by atoms with E-state index in [1.165, 1.54) is 32.1 Å². The molecule has 1 aliphatic carbocycles. The first kappa shape index (κ1) is 11.6. The highest BCUT2D eigenvalue weighted by Gasteiger charge is 2.24. The van der Waals surface area contributed by atoms with E-state index >= 15 is 0 Å². The molecule has 1 heteroatoms. The molecule has 0 aromatic rings. The minimum atomic E-state index is -0.156. The third-order valence-electron chi connectivity index (χ3n) is 3.31. The topological polar surface area (TPSA) is 12.0 Å². The molecule has 1 aliphatic rings. The molecular weight excluding hydrogens is 170 g/mol. The molecule has 0 aromatic heterocycles. The van der Waals surface area contributed by atoms with E-state index in [1.54, 1.807) is 0 Å². The van der Waals surface area contributed by atoms with E-state index in [0.717, 1.165) is 5.92 Å². The number of nitrogens with one attached hydrogen (secondary N) is 1. The van der Waals surface area contributed by atoms with Crippen LogP contribution in [0.1, 0.15) is 52.9 Å². The summed E-state index contributed by atoms with van der Waals surface area (Å²) in [5, 5.41) is 3.54. The molecule has 0 spiro atoms. The van der Waals surface area contributed by atoms with Crippen LogP contribution in [0.4, 0.5) is 0 Å². The van der Waals surface area contributed by atoms with E-state index in [0.29, 0.717) is 6.04 Å². The van der Waals surface area contributed by atoms with Crippen LogP contribution in [0, 0.1) is 18.3 Å². The van der Waals surface area contributed by atoms with Crippen molar-refractivity contribution < 1.29 is 0 Å². The van der Waals surface area contributed by atoms with E-state index < -0.39 is 0 Å². The first-order valence-corrected chi connectivity index (χ1v) is 5.80. The summed E-state index contributed by atoms with van der Waals surface area (Å²) in [6, 6.07) is 0.557. The van der Waals surface area contributed by atoms with Crippen molar-refractivity contribution in [3.05, 3.63) is 0 Å². The first-order valence-electron chi connectivity index (χ1n) is 5.80. The Kier molecular flexibility index (Phi) is 4.01. The van der Waals surface area contributed by atoms with E-state index in [4.69, 9.17) is 6.42 Å². The SMILES string of the molecule is C#CC(C)(C)NC(C)C1CCCCC1. The van der Waals surface area contributed by atoms with E-state index in [-0.39, 0.29) is 5.54 Å². The van der Waals surface area contributed by atoms with E-state index in [1.807, 2.05) is 0 Å². The molecule has 1 rings (SSSR count). The summed E-state index contributed by atoms with van der Waals surface area (Å²) in [7, 11) is 0. The van der Waals surface area contributed by atoms with Crippen LogP contribution in [0.15, 0.2) is 0 Å². The minimum Gasteiger partial charge on any atom is -0.299 e. The normalized spacial score (nSPS) is 21.6. The predicted molar refractivity (Wildman–Crippen MR) is 62.1 cm³/mol. The fourth-order valence-electron chi connectivity index (χ4n) is 2.36. The van der Waals surface area contributed by atoms with Crippen molar-refractivity contribution in [2.75, 3.05) is 0 Å². The summed E-state index contributed by atoms with van der Waals surface area (Å²) in [4.78, 5) is 0. The molecule has 0 saturated heterocycles. The van der Waals surface area contributed by atoms with Gasteiger partial charge in [0.1, 0.15) is 0 Å². The second-order valence-electron chi connectivity index (χ2n) is 5.10. The highest BCUT2D eigenvalue weighted by atomic mass is 15.0. The summed E-state index contributed by atoms with van der Waals surface area (Å²) in [6.45, 7) is 6.42. The molecule has 1 saturated carbocycles. The van der Waals surface area contributed by atoms with Gasteiger partial charge in [0, 0.05) is 6.04 Å². The van der Waals surface area contributed by atoms with E-state index in [2.05, 4.69) is 32.0 Å². The van der Waals surface area contributed by atoms with Gasteiger partial charge in [-0.25, -0.2) is 0 Å². The van der Waals surface area contributed by atoms with Gasteiger partial charge in [-0.15, -0.1) is 6.42 Å². The third kappa shape index (κ3) is 3.35. The Morgan fingerprint density at radius 3 is 2.36 bits per heavy atom. The smallest absolute Gasteiger partial charge is 0.0743 e. The Labute approximate surface area is 88.7 Å². The fraction of sp³-hybridized carbons (Fsp3) is 0.846. The van der Waals surface area contributed by atoms with Gasteiger partial charge in [-0.1, -0.05) is 25.2 Å². The van der Waals surface area contributed by atoms with Crippen LogP contribution in [0.3, 0.4) is 0 Å². The summed E-state index contributed by atoms with van der Waals surface area (Å²) < 4.78 is 0. The number of terminal acetylenes is 1. The Balaban J connectivity index is 2.41. The average molecular weight is 193 g/mol. The largest absolute Gasteiger partial charge is 0.299 e. The van der Waals surface area contributed by atoms with Crippen LogP contribution >= 0.6 is 0 Å². The molecule has 14 heavy (non-hydrogen) atoms. The maximum Gasteiger partial charge on any atom is 0.0743 e. The van der Waals surface area contributed by atoms with Gasteiger partial charge in [-0.05, 0) is 39.5 Å². The van der Waals surface area contributed by atoms with Crippen LogP contribution in [-0.2, 0) is 0 Å². The zero-order valence-electron chi connectivity index (χ0n) is 9.77. The van der Waals surface area contributed by atoms with Gasteiger partial charge in [-0.3, -0.25) is 5.32 Å². The summed E-state index contributed by atoms with van der Waals surface area (Å²) >= 11 is 0. The van der Waals surface area contributed by atoms with Gasteiger partial charge < -0.3 is 0 Å². The molecule has 0 radical (unpaired) electrons. The number of rotatable bonds is 3. The van der Waals surface area contributed by atoms with Gasteiger partial charge in [0.25, 0.3) is 0 Å². The molecule has 0 aromatic carbocycles. The quantitative estimate of drug-likeness (QED) is 0.680. The van der Waals surface area contributed by atoms with Crippen LogP contribution in [0.25, 0.3) is 0 Å². The molecule has 1 atom stereocenters. The Hall–Kier alpha value is -0.480. The third-order valence-corrected chi connectivity index (χ3v) is 3.31. The van der Waals surface area contributed by atoms with Crippen LogP contribution in [0.2, 0.25) is 0 Å². The first-order chi connectivity index (χ1) is 6.55. The Bertz CT molecular complexity index is 206. The van der Waals surface area contributed by atoms with Gasteiger partial charge >= 0.3 is 0 Å². The number of hydrogen-bond acceptors (Lipinski definition) is 1. The fourth-order valence-corrected chi connectivity index (χ4v) is 2.36. The zero-order chi connectivity index (χ0) is 10.6. The van der Waals surface area contributed by atoms with Crippen molar-refractivity contribution in [1.29, 1.82) is 0 Å². The zero-order valence-corrected chi connectivity index (χ0v) is 9.77. The predicted octanol–water partition coefficient (Wildman–Crippen LogP) is 2.96. The standard InChI is InChI=1S/C13H23N/c1-5-13(3,4)14-11(2)12-9-7-6-8-10-12/h1,11-12,14H,6-10H2,2-4H3. The van der Waals surface area contributed by atoms with Crippen LogP contribution in [-0.4, -0.2) is 11.6 Å². The average Bonchev–Trinajstić information content (AvgIpc) is 2.19.